The second-order valence-electron chi connectivity index (χ2n) is 6.24. The molecular formula is C20H22O7. The minimum atomic E-state index is -1.54. The van der Waals surface area contributed by atoms with Gasteiger partial charge in [-0.05, 0) is 17.7 Å². The summed E-state index contributed by atoms with van der Waals surface area (Å²) >= 11 is 0. The quantitative estimate of drug-likeness (QED) is 0.644. The summed E-state index contributed by atoms with van der Waals surface area (Å²) in [6.45, 7) is -0.379. The highest BCUT2D eigenvalue weighted by Crippen LogP contribution is 2.26. The molecule has 0 unspecified atom stereocenters. The second kappa shape index (κ2) is 9.07. The van der Waals surface area contributed by atoms with Crippen molar-refractivity contribution in [3.63, 3.8) is 0 Å². The van der Waals surface area contributed by atoms with Crippen molar-refractivity contribution < 1.29 is 34.3 Å². The minimum Gasteiger partial charge on any atom is -0.450 e. The number of benzene rings is 2. The zero-order chi connectivity index (χ0) is 19.2. The molecule has 0 amide bonds. The van der Waals surface area contributed by atoms with Crippen LogP contribution in [0.1, 0.15) is 15.9 Å². The van der Waals surface area contributed by atoms with Crippen LogP contribution in [0, 0.1) is 0 Å². The second-order valence-corrected chi connectivity index (χ2v) is 6.24. The van der Waals surface area contributed by atoms with E-state index < -0.39 is 43.3 Å². The van der Waals surface area contributed by atoms with Crippen molar-refractivity contribution in [1.29, 1.82) is 0 Å². The third kappa shape index (κ3) is 4.71. The maximum Gasteiger partial charge on any atom is 0.338 e. The van der Waals surface area contributed by atoms with Gasteiger partial charge in [0.1, 0.15) is 18.3 Å². The average molecular weight is 374 g/mol. The van der Waals surface area contributed by atoms with Crippen molar-refractivity contribution >= 4 is 5.97 Å². The first-order valence-electron chi connectivity index (χ1n) is 8.64. The van der Waals surface area contributed by atoms with Gasteiger partial charge >= 0.3 is 5.97 Å². The molecule has 2 aromatic rings. The number of rotatable bonds is 6. The number of carbonyl (C=O) groups excluding carboxylic acids is 1. The molecule has 2 aromatic carbocycles. The van der Waals surface area contributed by atoms with Crippen LogP contribution in [0.5, 0.6) is 0 Å². The molecule has 0 saturated carbocycles. The number of aliphatic hydroxyl groups excluding tert-OH is 3. The standard InChI is InChI=1S/C20H22O7/c21-11-15-16(22)17(25-12-13-7-3-1-4-8-13)18(20(24)26-15)27-19(23)14-9-5-2-6-10-14/h1-10,15-18,20-22,24H,11-12H2/t15-,16-,17+,18+,20-/m1/s1. The van der Waals surface area contributed by atoms with Crippen LogP contribution < -0.4 is 0 Å². The van der Waals surface area contributed by atoms with E-state index in [2.05, 4.69) is 0 Å². The van der Waals surface area contributed by atoms with Gasteiger partial charge in [-0.1, -0.05) is 48.5 Å². The molecule has 1 fully saturated rings. The lowest BCUT2D eigenvalue weighted by Crippen LogP contribution is -2.60. The van der Waals surface area contributed by atoms with Gasteiger partial charge in [-0.15, -0.1) is 0 Å². The maximum absolute atomic E-state index is 12.4. The van der Waals surface area contributed by atoms with E-state index in [4.69, 9.17) is 14.2 Å². The monoisotopic (exact) mass is 374 g/mol. The fourth-order valence-electron chi connectivity index (χ4n) is 2.91. The van der Waals surface area contributed by atoms with E-state index in [1.54, 1.807) is 30.3 Å². The Hall–Kier alpha value is -2.29. The van der Waals surface area contributed by atoms with Crippen molar-refractivity contribution in [2.45, 2.75) is 37.3 Å². The molecule has 5 atom stereocenters. The molecular weight excluding hydrogens is 352 g/mol. The minimum absolute atomic E-state index is 0.132. The van der Waals surface area contributed by atoms with E-state index in [0.717, 1.165) is 5.56 Å². The normalized spacial score (nSPS) is 27.9. The fourth-order valence-corrected chi connectivity index (χ4v) is 2.91. The number of carbonyl (C=O) groups is 1. The van der Waals surface area contributed by atoms with Crippen LogP contribution in [-0.4, -0.2) is 58.6 Å². The van der Waals surface area contributed by atoms with Crippen LogP contribution >= 0.6 is 0 Å². The third-order valence-corrected chi connectivity index (χ3v) is 4.35. The summed E-state index contributed by atoms with van der Waals surface area (Å²) in [5.74, 6) is -0.675. The van der Waals surface area contributed by atoms with Gasteiger partial charge in [0.2, 0.25) is 0 Å². The molecule has 27 heavy (non-hydrogen) atoms. The summed E-state index contributed by atoms with van der Waals surface area (Å²) in [7, 11) is 0. The van der Waals surface area contributed by atoms with Crippen molar-refractivity contribution in [3.05, 3.63) is 71.8 Å². The number of hydrogen-bond donors (Lipinski definition) is 3. The molecule has 3 rings (SSSR count). The number of esters is 1. The fraction of sp³-hybridized carbons (Fsp3) is 0.350. The van der Waals surface area contributed by atoms with Crippen LogP contribution in [0.2, 0.25) is 0 Å². The first-order chi connectivity index (χ1) is 13.1. The van der Waals surface area contributed by atoms with Crippen LogP contribution in [0.15, 0.2) is 60.7 Å². The Bertz CT molecular complexity index is 722. The van der Waals surface area contributed by atoms with Gasteiger partial charge < -0.3 is 29.5 Å². The molecule has 1 saturated heterocycles. The Labute approximate surface area is 156 Å². The summed E-state index contributed by atoms with van der Waals surface area (Å²) in [5.41, 5.74) is 1.14. The van der Waals surface area contributed by atoms with E-state index in [-0.39, 0.29) is 6.61 Å². The topological polar surface area (TPSA) is 105 Å². The first-order valence-corrected chi connectivity index (χ1v) is 8.64. The van der Waals surface area contributed by atoms with Crippen molar-refractivity contribution in [2.24, 2.45) is 0 Å². The lowest BCUT2D eigenvalue weighted by atomic mass is 9.98. The van der Waals surface area contributed by atoms with Gasteiger partial charge in [0.05, 0.1) is 18.8 Å². The molecule has 1 aliphatic heterocycles. The molecule has 0 aliphatic carbocycles. The van der Waals surface area contributed by atoms with Gasteiger partial charge in [0, 0.05) is 0 Å². The summed E-state index contributed by atoms with van der Waals surface area (Å²) in [6, 6.07) is 17.5. The van der Waals surface area contributed by atoms with Gasteiger partial charge in [0.15, 0.2) is 12.4 Å². The highest BCUT2D eigenvalue weighted by Gasteiger charge is 2.47. The Balaban J connectivity index is 1.76. The Morgan fingerprint density at radius 2 is 1.59 bits per heavy atom. The SMILES string of the molecule is O=C(O[C@H]1[C@@H](OCc2ccccc2)[C@H](O)[C@@H](CO)O[C@H]1O)c1ccccc1. The lowest BCUT2D eigenvalue weighted by molar-refractivity contribution is -0.295. The highest BCUT2D eigenvalue weighted by molar-refractivity contribution is 5.89. The van der Waals surface area contributed by atoms with Crippen LogP contribution in [0.25, 0.3) is 0 Å². The van der Waals surface area contributed by atoms with Crippen LogP contribution in [0.4, 0.5) is 0 Å². The van der Waals surface area contributed by atoms with Gasteiger partial charge in [-0.3, -0.25) is 0 Å². The molecule has 0 bridgehead atoms. The third-order valence-electron chi connectivity index (χ3n) is 4.35. The molecule has 0 spiro atoms. The Morgan fingerprint density at radius 3 is 2.22 bits per heavy atom. The summed E-state index contributed by atoms with van der Waals surface area (Å²) in [4.78, 5) is 12.4. The van der Waals surface area contributed by atoms with Gasteiger partial charge in [-0.2, -0.15) is 0 Å². The smallest absolute Gasteiger partial charge is 0.338 e. The number of ether oxygens (including phenoxy) is 3. The molecule has 1 heterocycles. The van der Waals surface area contributed by atoms with Crippen molar-refractivity contribution in [1.82, 2.24) is 0 Å². The molecule has 1 aliphatic rings. The van der Waals surface area contributed by atoms with Crippen LogP contribution in [0.3, 0.4) is 0 Å². The number of aliphatic hydroxyl groups is 3. The lowest BCUT2D eigenvalue weighted by Gasteiger charge is -2.41. The molecule has 144 valence electrons. The summed E-state index contributed by atoms with van der Waals surface area (Å²) < 4.78 is 16.3. The Morgan fingerprint density at radius 1 is 0.963 bits per heavy atom. The van der Waals surface area contributed by atoms with E-state index in [0.29, 0.717) is 5.56 Å². The molecule has 0 aromatic heterocycles. The summed E-state index contributed by atoms with van der Waals surface area (Å²) in [5, 5.41) is 30.1. The predicted molar refractivity (Wildman–Crippen MR) is 94.6 cm³/mol. The zero-order valence-corrected chi connectivity index (χ0v) is 14.5. The van der Waals surface area contributed by atoms with Gasteiger partial charge in [0.25, 0.3) is 0 Å². The summed E-state index contributed by atoms with van der Waals surface area (Å²) in [6.07, 6.45) is -6.19. The Kier molecular flexibility index (Phi) is 6.54. The predicted octanol–water partition coefficient (Wildman–Crippen LogP) is 0.868. The zero-order valence-electron chi connectivity index (χ0n) is 14.5. The van der Waals surface area contributed by atoms with Gasteiger partial charge in [-0.25, -0.2) is 4.79 Å². The first kappa shape index (κ1) is 19.5. The van der Waals surface area contributed by atoms with Crippen molar-refractivity contribution in [2.75, 3.05) is 6.61 Å². The largest absolute Gasteiger partial charge is 0.450 e. The van der Waals surface area contributed by atoms with E-state index in [1.165, 1.54) is 0 Å². The van der Waals surface area contributed by atoms with E-state index in [9.17, 15) is 20.1 Å². The van der Waals surface area contributed by atoms with E-state index in [1.807, 2.05) is 30.3 Å². The number of hydrogen-bond acceptors (Lipinski definition) is 7. The highest BCUT2D eigenvalue weighted by atomic mass is 16.7. The molecule has 7 nitrogen and oxygen atoms in total. The maximum atomic E-state index is 12.4. The average Bonchev–Trinajstić information content (AvgIpc) is 2.71. The van der Waals surface area contributed by atoms with Crippen molar-refractivity contribution in [3.8, 4) is 0 Å². The molecule has 3 N–H and O–H groups in total. The van der Waals surface area contributed by atoms with E-state index >= 15 is 0 Å². The molecule has 7 heteroatoms. The van der Waals surface area contributed by atoms with Crippen LogP contribution in [-0.2, 0) is 20.8 Å². The molecule has 0 radical (unpaired) electrons.